The van der Waals surface area contributed by atoms with Crippen molar-refractivity contribution in [2.45, 2.75) is 44.3 Å². The molecule has 4 nitrogen and oxygen atoms in total. The van der Waals surface area contributed by atoms with Gasteiger partial charge in [-0.3, -0.25) is 4.79 Å². The highest BCUT2D eigenvalue weighted by Crippen LogP contribution is 2.20. The molecule has 0 aliphatic carbocycles. The van der Waals surface area contributed by atoms with Gasteiger partial charge in [0, 0.05) is 19.1 Å². The predicted octanol–water partition coefficient (Wildman–Crippen LogP) is 1.62. The van der Waals surface area contributed by atoms with E-state index in [0.29, 0.717) is 19.1 Å². The maximum Gasteiger partial charge on any atom is 0.401 e. The van der Waals surface area contributed by atoms with Gasteiger partial charge in [-0.05, 0) is 38.8 Å². The van der Waals surface area contributed by atoms with E-state index in [1.54, 1.807) is 4.90 Å². The summed E-state index contributed by atoms with van der Waals surface area (Å²) in [7, 11) is 0. The number of rotatable bonds is 4. The van der Waals surface area contributed by atoms with Crippen LogP contribution in [-0.2, 0) is 4.79 Å². The molecule has 2 rings (SSSR count). The zero-order chi connectivity index (χ0) is 15.3. The number of nitrogens with one attached hydrogen (secondary N) is 1. The van der Waals surface area contributed by atoms with Crippen LogP contribution in [0.2, 0.25) is 0 Å². The Morgan fingerprint density at radius 2 is 1.67 bits per heavy atom. The Balaban J connectivity index is 1.67. The second-order valence-electron chi connectivity index (χ2n) is 5.93. The molecule has 2 heterocycles. The quantitative estimate of drug-likeness (QED) is 0.857. The average molecular weight is 307 g/mol. The normalized spacial score (nSPS) is 22.5. The molecule has 0 unspecified atom stereocenters. The van der Waals surface area contributed by atoms with Crippen molar-refractivity contribution in [3.8, 4) is 0 Å². The lowest BCUT2D eigenvalue weighted by Gasteiger charge is -2.40. The number of nitrogens with zero attached hydrogens (tertiary/aromatic N) is 2. The molecule has 0 bridgehead atoms. The minimum absolute atomic E-state index is 0.226. The van der Waals surface area contributed by atoms with Gasteiger partial charge in [-0.25, -0.2) is 0 Å². The Hall–Kier alpha value is -0.820. The summed E-state index contributed by atoms with van der Waals surface area (Å²) in [5.41, 5.74) is 0. The van der Waals surface area contributed by atoms with Crippen molar-refractivity contribution in [2.75, 3.05) is 39.3 Å². The van der Waals surface area contributed by atoms with Crippen LogP contribution >= 0.6 is 0 Å². The summed E-state index contributed by atoms with van der Waals surface area (Å²) in [6.45, 7) is 2.27. The van der Waals surface area contributed by atoms with Crippen LogP contribution in [0.25, 0.3) is 0 Å². The Kier molecular flexibility index (Phi) is 5.87. The van der Waals surface area contributed by atoms with E-state index in [2.05, 4.69) is 10.2 Å². The Bertz CT molecular complexity index is 335. The van der Waals surface area contributed by atoms with Crippen molar-refractivity contribution >= 4 is 5.91 Å². The first kappa shape index (κ1) is 16.5. The van der Waals surface area contributed by atoms with Gasteiger partial charge in [-0.15, -0.1) is 0 Å². The third-order valence-electron chi connectivity index (χ3n) is 4.33. The van der Waals surface area contributed by atoms with E-state index in [1.165, 1.54) is 19.3 Å². The van der Waals surface area contributed by atoms with Gasteiger partial charge in [0.1, 0.15) is 0 Å². The van der Waals surface area contributed by atoms with E-state index >= 15 is 0 Å². The first-order valence-electron chi connectivity index (χ1n) is 7.75. The summed E-state index contributed by atoms with van der Waals surface area (Å²) in [6, 6.07) is 0.539. The van der Waals surface area contributed by atoms with Crippen LogP contribution in [0.4, 0.5) is 13.2 Å². The van der Waals surface area contributed by atoms with Crippen LogP contribution in [0.1, 0.15) is 32.1 Å². The third-order valence-corrected chi connectivity index (χ3v) is 4.33. The Labute approximate surface area is 123 Å². The summed E-state index contributed by atoms with van der Waals surface area (Å²) in [4.78, 5) is 16.0. The maximum atomic E-state index is 12.0. The fourth-order valence-corrected chi connectivity index (χ4v) is 3.19. The van der Waals surface area contributed by atoms with Crippen molar-refractivity contribution in [3.05, 3.63) is 0 Å². The highest BCUT2D eigenvalue weighted by atomic mass is 19.4. The lowest BCUT2D eigenvalue weighted by atomic mass is 10.00. The first-order valence-corrected chi connectivity index (χ1v) is 7.75. The minimum Gasteiger partial charge on any atom is -0.341 e. The largest absolute Gasteiger partial charge is 0.401 e. The number of piperidine rings is 2. The molecule has 0 aromatic heterocycles. The molecule has 2 fully saturated rings. The second kappa shape index (κ2) is 7.45. The fourth-order valence-electron chi connectivity index (χ4n) is 3.19. The molecular weight excluding hydrogens is 283 g/mol. The van der Waals surface area contributed by atoms with E-state index in [1.807, 2.05) is 0 Å². The van der Waals surface area contributed by atoms with Gasteiger partial charge < -0.3 is 15.1 Å². The molecule has 21 heavy (non-hydrogen) atoms. The number of carbonyl (C=O) groups is 1. The molecule has 0 atom stereocenters. The van der Waals surface area contributed by atoms with Crippen LogP contribution in [0.5, 0.6) is 0 Å². The number of hydrogen-bond donors (Lipinski definition) is 1. The summed E-state index contributed by atoms with van der Waals surface area (Å²) in [6.07, 6.45) is 1.41. The number of hydrogen-bond acceptors (Lipinski definition) is 3. The fraction of sp³-hybridized carbons (Fsp3) is 0.929. The van der Waals surface area contributed by atoms with Gasteiger partial charge in [0.25, 0.3) is 0 Å². The smallest absolute Gasteiger partial charge is 0.341 e. The maximum absolute atomic E-state index is 12.0. The molecule has 7 heteroatoms. The van der Waals surface area contributed by atoms with Gasteiger partial charge in [0.2, 0.25) is 5.91 Å². The van der Waals surface area contributed by atoms with E-state index in [9.17, 15) is 18.0 Å². The molecule has 2 aliphatic heterocycles. The lowest BCUT2D eigenvalue weighted by Crippen LogP contribution is -2.50. The van der Waals surface area contributed by atoms with Gasteiger partial charge >= 0.3 is 6.18 Å². The molecule has 0 saturated carbocycles. The topological polar surface area (TPSA) is 35.6 Å². The molecule has 2 saturated heterocycles. The zero-order valence-electron chi connectivity index (χ0n) is 12.3. The van der Waals surface area contributed by atoms with E-state index in [-0.39, 0.29) is 12.5 Å². The second-order valence-corrected chi connectivity index (χ2v) is 5.93. The van der Waals surface area contributed by atoms with Crippen LogP contribution < -0.4 is 5.32 Å². The summed E-state index contributed by atoms with van der Waals surface area (Å²) in [5, 5.41) is 2.17. The SMILES string of the molecule is O=C(CNCC(F)(F)F)N1CCC(N2CCCCC2)CC1. The van der Waals surface area contributed by atoms with E-state index < -0.39 is 12.7 Å². The third kappa shape index (κ3) is 5.47. The molecule has 0 aromatic carbocycles. The number of carbonyl (C=O) groups excluding carboxylic acids is 1. The van der Waals surface area contributed by atoms with Gasteiger partial charge in [-0.1, -0.05) is 6.42 Å². The standard InChI is InChI=1S/C14H24F3N3O/c15-14(16,17)11-18-10-13(21)20-8-4-12(5-9-20)19-6-2-1-3-7-19/h12,18H,1-11H2. The number of amides is 1. The average Bonchev–Trinajstić information content (AvgIpc) is 2.47. The molecule has 0 spiro atoms. The Morgan fingerprint density at radius 3 is 2.24 bits per heavy atom. The van der Waals surface area contributed by atoms with Crippen LogP contribution in [0.15, 0.2) is 0 Å². The zero-order valence-corrected chi connectivity index (χ0v) is 12.3. The first-order chi connectivity index (χ1) is 9.96. The molecule has 2 aliphatic rings. The van der Waals surface area contributed by atoms with Crippen molar-refractivity contribution < 1.29 is 18.0 Å². The van der Waals surface area contributed by atoms with Crippen LogP contribution in [-0.4, -0.2) is 67.2 Å². The van der Waals surface area contributed by atoms with E-state index in [0.717, 1.165) is 25.9 Å². The minimum atomic E-state index is -4.26. The van der Waals surface area contributed by atoms with Crippen LogP contribution in [0, 0.1) is 0 Å². The van der Waals surface area contributed by atoms with Crippen molar-refractivity contribution in [3.63, 3.8) is 0 Å². The highest BCUT2D eigenvalue weighted by Gasteiger charge is 2.29. The lowest BCUT2D eigenvalue weighted by molar-refractivity contribution is -0.135. The van der Waals surface area contributed by atoms with Gasteiger partial charge in [0.05, 0.1) is 13.1 Å². The van der Waals surface area contributed by atoms with Crippen molar-refractivity contribution in [1.82, 2.24) is 15.1 Å². The number of halogens is 3. The molecule has 122 valence electrons. The predicted molar refractivity (Wildman–Crippen MR) is 74.0 cm³/mol. The molecule has 0 aromatic rings. The summed E-state index contributed by atoms with van der Waals surface area (Å²) >= 11 is 0. The van der Waals surface area contributed by atoms with Gasteiger partial charge in [0.15, 0.2) is 0 Å². The van der Waals surface area contributed by atoms with Gasteiger partial charge in [-0.2, -0.15) is 13.2 Å². The Morgan fingerprint density at radius 1 is 1.05 bits per heavy atom. The highest BCUT2D eigenvalue weighted by molar-refractivity contribution is 5.78. The van der Waals surface area contributed by atoms with Crippen molar-refractivity contribution in [1.29, 1.82) is 0 Å². The summed E-state index contributed by atoms with van der Waals surface area (Å²) < 4.78 is 36.0. The number of likely N-dealkylation sites (tertiary alicyclic amines) is 2. The molecule has 0 radical (unpaired) electrons. The van der Waals surface area contributed by atoms with Crippen LogP contribution in [0.3, 0.4) is 0 Å². The molecule has 1 N–H and O–H groups in total. The van der Waals surface area contributed by atoms with E-state index in [4.69, 9.17) is 0 Å². The molecular formula is C14H24F3N3O. The van der Waals surface area contributed by atoms with Crippen molar-refractivity contribution in [2.24, 2.45) is 0 Å². The monoisotopic (exact) mass is 307 g/mol. The molecule has 1 amide bonds. The number of alkyl halides is 3. The summed E-state index contributed by atoms with van der Waals surface area (Å²) in [5.74, 6) is -0.226.